The second kappa shape index (κ2) is 5.38. The minimum absolute atomic E-state index is 0.00367. The van der Waals surface area contributed by atoms with E-state index in [0.717, 1.165) is 21.9 Å². The van der Waals surface area contributed by atoms with Crippen molar-refractivity contribution in [2.45, 2.75) is 6.92 Å². The van der Waals surface area contributed by atoms with E-state index in [4.69, 9.17) is 0 Å². The molecule has 4 rings (SSSR count). The Morgan fingerprint density at radius 1 is 1.12 bits per heavy atom. The van der Waals surface area contributed by atoms with Crippen LogP contribution in [0.25, 0.3) is 21.8 Å². The minimum Gasteiger partial charge on any atom is -0.493 e. The predicted octanol–water partition coefficient (Wildman–Crippen LogP) is 3.98. The first-order valence-electron chi connectivity index (χ1n) is 7.59. The average Bonchev–Trinajstić information content (AvgIpc) is 3.03. The van der Waals surface area contributed by atoms with Gasteiger partial charge in [-0.3, -0.25) is 4.79 Å². The van der Waals surface area contributed by atoms with Gasteiger partial charge in [-0.15, -0.1) is 0 Å². The van der Waals surface area contributed by atoms with Gasteiger partial charge in [-0.05, 0) is 54.3 Å². The van der Waals surface area contributed by atoms with E-state index in [9.17, 15) is 9.90 Å². The zero-order chi connectivity index (χ0) is 16.7. The summed E-state index contributed by atoms with van der Waals surface area (Å²) in [5.41, 5.74) is 3.80. The number of carbonyl (C=O) groups excluding carboxylic acids is 1. The molecule has 0 aliphatic rings. The molecule has 0 unspecified atom stereocenters. The highest BCUT2D eigenvalue weighted by molar-refractivity contribution is 6.07. The summed E-state index contributed by atoms with van der Waals surface area (Å²) in [4.78, 5) is 19.7. The predicted molar refractivity (Wildman–Crippen MR) is 94.4 cm³/mol. The first kappa shape index (κ1) is 14.3. The van der Waals surface area contributed by atoms with E-state index in [1.165, 1.54) is 0 Å². The van der Waals surface area contributed by atoms with Gasteiger partial charge in [-0.1, -0.05) is 6.07 Å². The third kappa shape index (κ3) is 2.46. The Balaban J connectivity index is 1.66. The fourth-order valence-electron chi connectivity index (χ4n) is 2.85. The number of H-pyrrole nitrogens is 1. The number of aromatic hydroxyl groups is 1. The van der Waals surface area contributed by atoms with Gasteiger partial charge < -0.3 is 15.4 Å². The van der Waals surface area contributed by atoms with Crippen LogP contribution in [0, 0.1) is 6.92 Å². The van der Waals surface area contributed by atoms with E-state index >= 15 is 0 Å². The maximum absolute atomic E-state index is 12.5. The van der Waals surface area contributed by atoms with Crippen molar-refractivity contribution < 1.29 is 9.90 Å². The summed E-state index contributed by atoms with van der Waals surface area (Å²) in [5.74, 6) is -0.175. The number of hydrogen-bond acceptors (Lipinski definition) is 3. The number of pyridine rings is 1. The van der Waals surface area contributed by atoms with Gasteiger partial charge in [0, 0.05) is 34.4 Å². The van der Waals surface area contributed by atoms with E-state index in [1.807, 2.05) is 37.4 Å². The van der Waals surface area contributed by atoms with Crippen LogP contribution in [0.1, 0.15) is 15.9 Å². The van der Waals surface area contributed by atoms with Gasteiger partial charge in [0.2, 0.25) is 5.88 Å². The monoisotopic (exact) mass is 317 g/mol. The zero-order valence-electron chi connectivity index (χ0n) is 13.0. The molecule has 0 spiro atoms. The van der Waals surface area contributed by atoms with Crippen molar-refractivity contribution in [2.24, 2.45) is 0 Å². The molecule has 0 bridgehead atoms. The average molecular weight is 317 g/mol. The second-order valence-corrected chi connectivity index (χ2v) is 5.76. The molecule has 0 aliphatic heterocycles. The molecule has 2 heterocycles. The van der Waals surface area contributed by atoms with Gasteiger partial charge >= 0.3 is 0 Å². The zero-order valence-corrected chi connectivity index (χ0v) is 13.0. The molecule has 0 fully saturated rings. The van der Waals surface area contributed by atoms with Crippen LogP contribution in [-0.4, -0.2) is 21.0 Å². The van der Waals surface area contributed by atoms with Crippen molar-refractivity contribution >= 4 is 33.4 Å². The molecule has 0 saturated carbocycles. The normalized spacial score (nSPS) is 11.0. The Labute approximate surface area is 138 Å². The first-order chi connectivity index (χ1) is 11.6. The number of aryl methyl sites for hydroxylation is 1. The SMILES string of the molecule is Cc1cc(O)nc2ccc(NC(=O)c3ccc4cc[nH]c4c3)cc12. The van der Waals surface area contributed by atoms with Crippen LogP contribution in [0.3, 0.4) is 0 Å². The number of anilines is 1. The quantitative estimate of drug-likeness (QED) is 0.523. The number of rotatable bonds is 2. The largest absolute Gasteiger partial charge is 0.493 e. The number of benzene rings is 2. The highest BCUT2D eigenvalue weighted by atomic mass is 16.3. The number of aromatic amines is 1. The number of fused-ring (bicyclic) bond motifs is 2. The van der Waals surface area contributed by atoms with E-state index in [1.54, 1.807) is 24.3 Å². The highest BCUT2D eigenvalue weighted by Gasteiger charge is 2.09. The van der Waals surface area contributed by atoms with Crippen molar-refractivity contribution in [3.8, 4) is 5.88 Å². The second-order valence-electron chi connectivity index (χ2n) is 5.76. The summed E-state index contributed by atoms with van der Waals surface area (Å²) in [7, 11) is 0. The molecule has 24 heavy (non-hydrogen) atoms. The van der Waals surface area contributed by atoms with Crippen LogP contribution < -0.4 is 5.32 Å². The maximum Gasteiger partial charge on any atom is 0.255 e. The summed E-state index contributed by atoms with van der Waals surface area (Å²) >= 11 is 0. The molecule has 0 atom stereocenters. The fourth-order valence-corrected chi connectivity index (χ4v) is 2.85. The maximum atomic E-state index is 12.5. The third-order valence-electron chi connectivity index (χ3n) is 4.08. The number of amides is 1. The van der Waals surface area contributed by atoms with Crippen LogP contribution in [0.4, 0.5) is 5.69 Å². The van der Waals surface area contributed by atoms with E-state index in [2.05, 4.69) is 15.3 Å². The standard InChI is InChI=1S/C19H15N3O2/c1-11-8-18(23)22-16-5-4-14(10-15(11)16)21-19(24)13-3-2-12-6-7-20-17(12)9-13/h2-10,20H,1H3,(H,21,24)(H,22,23). The molecule has 1 amide bonds. The number of nitrogens with zero attached hydrogens (tertiary/aromatic N) is 1. The molecule has 0 aliphatic carbocycles. The minimum atomic E-state index is -0.171. The van der Waals surface area contributed by atoms with Gasteiger partial charge in [-0.25, -0.2) is 4.98 Å². The lowest BCUT2D eigenvalue weighted by molar-refractivity contribution is 0.102. The molecule has 2 aromatic carbocycles. The van der Waals surface area contributed by atoms with E-state index in [-0.39, 0.29) is 11.8 Å². The Morgan fingerprint density at radius 3 is 2.88 bits per heavy atom. The fraction of sp³-hybridized carbons (Fsp3) is 0.0526. The lowest BCUT2D eigenvalue weighted by Crippen LogP contribution is -2.11. The molecule has 0 saturated heterocycles. The van der Waals surface area contributed by atoms with Crippen LogP contribution in [-0.2, 0) is 0 Å². The summed E-state index contributed by atoms with van der Waals surface area (Å²) < 4.78 is 0. The van der Waals surface area contributed by atoms with Crippen LogP contribution >= 0.6 is 0 Å². The molecular formula is C19H15N3O2. The lowest BCUT2D eigenvalue weighted by Gasteiger charge is -2.08. The molecule has 4 aromatic rings. The van der Waals surface area contributed by atoms with Crippen molar-refractivity contribution in [1.82, 2.24) is 9.97 Å². The summed E-state index contributed by atoms with van der Waals surface area (Å²) in [5, 5.41) is 14.4. The Hall–Kier alpha value is -3.34. The molecule has 2 aromatic heterocycles. The summed E-state index contributed by atoms with van der Waals surface area (Å²) in [6.07, 6.45) is 1.85. The number of carbonyl (C=O) groups is 1. The molecule has 5 nitrogen and oxygen atoms in total. The number of aromatic nitrogens is 2. The Bertz CT molecular complexity index is 1080. The van der Waals surface area contributed by atoms with E-state index < -0.39 is 0 Å². The Kier molecular flexibility index (Phi) is 3.20. The molecular weight excluding hydrogens is 302 g/mol. The number of hydrogen-bond donors (Lipinski definition) is 3. The van der Waals surface area contributed by atoms with Gasteiger partial charge in [-0.2, -0.15) is 0 Å². The summed E-state index contributed by atoms with van der Waals surface area (Å²) in [6.45, 7) is 1.90. The van der Waals surface area contributed by atoms with E-state index in [0.29, 0.717) is 16.8 Å². The van der Waals surface area contributed by atoms with Crippen molar-refractivity contribution in [2.75, 3.05) is 5.32 Å². The molecule has 3 N–H and O–H groups in total. The van der Waals surface area contributed by atoms with Crippen LogP contribution in [0.5, 0.6) is 5.88 Å². The van der Waals surface area contributed by atoms with Crippen LogP contribution in [0.15, 0.2) is 54.7 Å². The third-order valence-corrected chi connectivity index (χ3v) is 4.08. The molecule has 118 valence electrons. The van der Waals surface area contributed by atoms with Gasteiger partial charge in [0.15, 0.2) is 0 Å². The lowest BCUT2D eigenvalue weighted by atomic mass is 10.1. The van der Waals surface area contributed by atoms with Gasteiger partial charge in [0.25, 0.3) is 5.91 Å². The smallest absolute Gasteiger partial charge is 0.255 e. The van der Waals surface area contributed by atoms with Crippen molar-refractivity contribution in [3.63, 3.8) is 0 Å². The topological polar surface area (TPSA) is 78.0 Å². The number of nitrogens with one attached hydrogen (secondary N) is 2. The van der Waals surface area contributed by atoms with Gasteiger partial charge in [0.05, 0.1) is 5.52 Å². The first-order valence-corrected chi connectivity index (χ1v) is 7.59. The molecule has 5 heteroatoms. The highest BCUT2D eigenvalue weighted by Crippen LogP contribution is 2.24. The van der Waals surface area contributed by atoms with Gasteiger partial charge in [0.1, 0.15) is 0 Å². The summed E-state index contributed by atoms with van der Waals surface area (Å²) in [6, 6.07) is 14.5. The van der Waals surface area contributed by atoms with Crippen molar-refractivity contribution in [1.29, 1.82) is 0 Å². The Morgan fingerprint density at radius 2 is 2.00 bits per heavy atom. The van der Waals surface area contributed by atoms with Crippen LogP contribution in [0.2, 0.25) is 0 Å². The van der Waals surface area contributed by atoms with Crippen molar-refractivity contribution in [3.05, 3.63) is 65.9 Å². The molecule has 0 radical (unpaired) electrons.